The molecular weight excluding hydrogens is 342 g/mol. The average molecular weight is 367 g/mol. The molecule has 0 spiro atoms. The molecule has 138 valence electrons. The van der Waals surface area contributed by atoms with E-state index in [4.69, 9.17) is 18.7 Å². The van der Waals surface area contributed by atoms with Crippen LogP contribution in [0.3, 0.4) is 0 Å². The highest BCUT2D eigenvalue weighted by molar-refractivity contribution is 6.70. The van der Waals surface area contributed by atoms with Gasteiger partial charge in [0.2, 0.25) is 8.32 Å². The lowest BCUT2D eigenvalue weighted by molar-refractivity contribution is -0.143. The number of carbonyl (C=O) groups is 2. The molecule has 0 aromatic heterocycles. The molecular formula is C17H25NO6Si. The summed E-state index contributed by atoms with van der Waals surface area (Å²) in [6.07, 6.45) is -0.627. The third kappa shape index (κ3) is 4.12. The number of ether oxygens (including phenoxy) is 2. The van der Waals surface area contributed by atoms with Crippen molar-refractivity contribution in [3.05, 3.63) is 22.5 Å². The van der Waals surface area contributed by atoms with E-state index in [2.05, 4.69) is 5.16 Å². The zero-order chi connectivity index (χ0) is 18.8. The van der Waals surface area contributed by atoms with E-state index in [0.29, 0.717) is 17.0 Å². The molecule has 25 heavy (non-hydrogen) atoms. The monoisotopic (exact) mass is 367 g/mol. The summed E-state index contributed by atoms with van der Waals surface area (Å²) in [4.78, 5) is 30.4. The fraction of sp³-hybridized carbons (Fsp3) is 0.588. The number of carbonyl (C=O) groups excluding carboxylic acids is 2. The molecule has 0 amide bonds. The second-order valence-electron chi connectivity index (χ2n) is 6.72. The molecule has 0 bridgehead atoms. The Kier molecular flexibility index (Phi) is 5.71. The first-order chi connectivity index (χ1) is 11.7. The predicted octanol–water partition coefficient (Wildman–Crippen LogP) is 2.69. The van der Waals surface area contributed by atoms with Crippen molar-refractivity contribution in [1.82, 2.24) is 0 Å². The molecule has 1 unspecified atom stereocenters. The van der Waals surface area contributed by atoms with Crippen LogP contribution in [0.5, 0.6) is 0 Å². The Balaban J connectivity index is 2.52. The molecule has 0 saturated carbocycles. The Morgan fingerprint density at radius 3 is 2.32 bits per heavy atom. The summed E-state index contributed by atoms with van der Waals surface area (Å²) in [5.74, 6) is -0.529. The van der Waals surface area contributed by atoms with Gasteiger partial charge in [0.05, 0.1) is 41.4 Å². The van der Waals surface area contributed by atoms with Gasteiger partial charge in [-0.1, -0.05) is 5.16 Å². The minimum atomic E-state index is -1.94. The van der Waals surface area contributed by atoms with Gasteiger partial charge in [-0.25, -0.2) is 9.59 Å². The summed E-state index contributed by atoms with van der Waals surface area (Å²) in [7, 11) is -1.94. The van der Waals surface area contributed by atoms with Crippen molar-refractivity contribution in [2.75, 3.05) is 13.2 Å². The van der Waals surface area contributed by atoms with Gasteiger partial charge in [0.15, 0.2) is 6.10 Å². The Bertz CT molecular complexity index is 671. The zero-order valence-electron chi connectivity index (χ0n) is 15.6. The van der Waals surface area contributed by atoms with E-state index < -0.39 is 26.4 Å². The minimum absolute atomic E-state index is 0.152. The number of allylic oxidation sites excluding steroid dienone is 1. The van der Waals surface area contributed by atoms with Gasteiger partial charge in [-0.05, 0) is 40.4 Å². The number of nitrogens with zero attached hydrogens (tertiary/aromatic N) is 1. The van der Waals surface area contributed by atoms with Crippen LogP contribution in [0.15, 0.2) is 27.6 Å². The Labute approximate surface area is 148 Å². The van der Waals surface area contributed by atoms with Gasteiger partial charge in [-0.3, -0.25) is 0 Å². The van der Waals surface area contributed by atoms with E-state index >= 15 is 0 Å². The Hall–Kier alpha value is -2.09. The maximum Gasteiger partial charge on any atom is 0.338 e. The maximum atomic E-state index is 12.5. The number of esters is 2. The van der Waals surface area contributed by atoms with Crippen molar-refractivity contribution in [3.8, 4) is 0 Å². The highest BCUT2D eigenvalue weighted by Gasteiger charge is 2.44. The second kappa shape index (κ2) is 7.43. The Morgan fingerprint density at radius 1 is 1.16 bits per heavy atom. The van der Waals surface area contributed by atoms with Crippen LogP contribution in [0.25, 0.3) is 0 Å². The quantitative estimate of drug-likeness (QED) is 0.530. The van der Waals surface area contributed by atoms with Crippen molar-refractivity contribution < 1.29 is 28.3 Å². The average Bonchev–Trinajstić information content (AvgIpc) is 2.88. The first-order valence-electron chi connectivity index (χ1n) is 8.39. The van der Waals surface area contributed by atoms with E-state index in [-0.39, 0.29) is 30.8 Å². The fourth-order valence-electron chi connectivity index (χ4n) is 2.78. The van der Waals surface area contributed by atoms with Crippen LogP contribution in [-0.2, 0) is 28.3 Å². The number of fused-ring (bicyclic) bond motifs is 1. The molecule has 2 rings (SSSR count). The Morgan fingerprint density at radius 2 is 1.76 bits per heavy atom. The van der Waals surface area contributed by atoms with Gasteiger partial charge in [-0.2, -0.15) is 0 Å². The van der Waals surface area contributed by atoms with Gasteiger partial charge in [0.1, 0.15) is 0 Å². The SMILES string of the molecule is CCOC(=O)C1=C(C(=O)OCC)C2ON=C(C)C2=C(O[Si](C)(C)C)C1. The molecule has 0 N–H and O–H groups in total. The lowest BCUT2D eigenvalue weighted by atomic mass is 9.86. The summed E-state index contributed by atoms with van der Waals surface area (Å²) in [5.41, 5.74) is 1.72. The lowest BCUT2D eigenvalue weighted by Gasteiger charge is -2.30. The van der Waals surface area contributed by atoms with Crippen molar-refractivity contribution in [1.29, 1.82) is 0 Å². The molecule has 0 fully saturated rings. The summed E-state index contributed by atoms with van der Waals surface area (Å²) >= 11 is 0. The summed E-state index contributed by atoms with van der Waals surface area (Å²) < 4.78 is 16.4. The first-order valence-corrected chi connectivity index (χ1v) is 11.8. The van der Waals surface area contributed by atoms with E-state index in [0.717, 1.165) is 0 Å². The molecule has 8 heteroatoms. The van der Waals surface area contributed by atoms with Crippen LogP contribution in [0.2, 0.25) is 19.6 Å². The number of oxime groups is 1. The molecule has 2 aliphatic rings. The van der Waals surface area contributed by atoms with Gasteiger partial charge in [0, 0.05) is 6.42 Å². The number of hydrogen-bond donors (Lipinski definition) is 0. The maximum absolute atomic E-state index is 12.5. The zero-order valence-corrected chi connectivity index (χ0v) is 16.6. The van der Waals surface area contributed by atoms with Gasteiger partial charge >= 0.3 is 11.9 Å². The molecule has 0 radical (unpaired) electrons. The standard InChI is InChI=1S/C17H25NO6Si/c1-7-21-16(19)11-9-12(24-25(4,5)6)13-10(3)18-23-15(13)14(11)17(20)22-8-2/h15H,7-9H2,1-6H3. The summed E-state index contributed by atoms with van der Waals surface area (Å²) in [6, 6.07) is 0. The second-order valence-corrected chi connectivity index (χ2v) is 11.2. The van der Waals surface area contributed by atoms with Crippen LogP contribution in [0.1, 0.15) is 27.2 Å². The van der Waals surface area contributed by atoms with Crippen molar-refractivity contribution >= 4 is 26.0 Å². The predicted molar refractivity (Wildman–Crippen MR) is 94.3 cm³/mol. The number of rotatable bonds is 6. The highest BCUT2D eigenvalue weighted by Crippen LogP contribution is 2.39. The molecule has 7 nitrogen and oxygen atoms in total. The van der Waals surface area contributed by atoms with Crippen LogP contribution in [-0.4, -0.2) is 45.3 Å². The summed E-state index contributed by atoms with van der Waals surface area (Å²) in [6.45, 7) is 11.8. The van der Waals surface area contributed by atoms with Gasteiger partial charge < -0.3 is 18.7 Å². The molecule has 0 saturated heterocycles. The molecule has 0 aromatic carbocycles. The lowest BCUT2D eigenvalue weighted by Crippen LogP contribution is -2.35. The first kappa shape index (κ1) is 19.2. The smallest absolute Gasteiger partial charge is 0.338 e. The highest BCUT2D eigenvalue weighted by atomic mass is 28.4. The summed E-state index contributed by atoms with van der Waals surface area (Å²) in [5, 5.41) is 3.99. The van der Waals surface area contributed by atoms with Crippen LogP contribution in [0, 0.1) is 0 Å². The fourth-order valence-corrected chi connectivity index (χ4v) is 3.70. The molecule has 1 heterocycles. The molecule has 1 atom stereocenters. The van der Waals surface area contributed by atoms with E-state index in [1.54, 1.807) is 20.8 Å². The van der Waals surface area contributed by atoms with E-state index in [9.17, 15) is 9.59 Å². The third-order valence-corrected chi connectivity index (χ3v) is 4.48. The van der Waals surface area contributed by atoms with Gasteiger partial charge in [-0.15, -0.1) is 0 Å². The largest absolute Gasteiger partial charge is 0.547 e. The van der Waals surface area contributed by atoms with Crippen molar-refractivity contribution in [2.24, 2.45) is 5.16 Å². The molecule has 1 aliphatic heterocycles. The normalized spacial score (nSPS) is 19.9. The van der Waals surface area contributed by atoms with Crippen molar-refractivity contribution in [2.45, 2.75) is 52.9 Å². The van der Waals surface area contributed by atoms with E-state index in [1.807, 2.05) is 19.6 Å². The van der Waals surface area contributed by atoms with E-state index in [1.165, 1.54) is 0 Å². The minimum Gasteiger partial charge on any atom is -0.547 e. The molecule has 0 aromatic rings. The van der Waals surface area contributed by atoms with Crippen LogP contribution >= 0.6 is 0 Å². The topological polar surface area (TPSA) is 83.4 Å². The van der Waals surface area contributed by atoms with Gasteiger partial charge in [0.25, 0.3) is 0 Å². The van der Waals surface area contributed by atoms with Crippen LogP contribution in [0.4, 0.5) is 0 Å². The third-order valence-electron chi connectivity index (χ3n) is 3.62. The van der Waals surface area contributed by atoms with Crippen molar-refractivity contribution in [3.63, 3.8) is 0 Å². The number of hydrogen-bond acceptors (Lipinski definition) is 7. The molecule has 1 aliphatic carbocycles. The van der Waals surface area contributed by atoms with Crippen LogP contribution < -0.4 is 0 Å².